The van der Waals surface area contributed by atoms with E-state index in [-0.39, 0.29) is 11.6 Å². The molecule has 0 fully saturated rings. The summed E-state index contributed by atoms with van der Waals surface area (Å²) in [5.74, 6) is 0.995. The molecule has 3 aromatic rings. The van der Waals surface area contributed by atoms with Crippen LogP contribution in [0.25, 0.3) is 11.3 Å². The Bertz CT molecular complexity index is 899. The maximum absolute atomic E-state index is 12.6. The van der Waals surface area contributed by atoms with Gasteiger partial charge in [0, 0.05) is 29.7 Å². The Morgan fingerprint density at radius 1 is 1.00 bits per heavy atom. The van der Waals surface area contributed by atoms with Crippen molar-refractivity contribution in [1.82, 2.24) is 10.1 Å². The van der Waals surface area contributed by atoms with Crippen LogP contribution in [0.3, 0.4) is 0 Å². The van der Waals surface area contributed by atoms with Gasteiger partial charge in [-0.25, -0.2) is 0 Å². The molecule has 2 aromatic heterocycles. The van der Waals surface area contributed by atoms with Gasteiger partial charge in [-0.05, 0) is 41.2 Å². The molecular weight excluding hydrogens is 326 g/mol. The predicted octanol–water partition coefficient (Wildman–Crippen LogP) is 5.24. The molecule has 0 saturated carbocycles. The number of rotatable bonds is 5. The third-order valence-electron chi connectivity index (χ3n) is 4.32. The van der Waals surface area contributed by atoms with Crippen molar-refractivity contribution >= 4 is 11.6 Å². The smallest absolute Gasteiger partial charge is 0.277 e. The number of carbonyl (C=O) groups excluding carboxylic acids is 1. The first-order valence-corrected chi connectivity index (χ1v) is 8.78. The van der Waals surface area contributed by atoms with Gasteiger partial charge in [-0.2, -0.15) is 0 Å². The average Bonchev–Trinajstić information content (AvgIpc) is 3.12. The molecule has 0 bridgehead atoms. The molecule has 0 aliphatic rings. The normalized spacial score (nSPS) is 11.2. The molecule has 0 saturated heterocycles. The third kappa shape index (κ3) is 3.82. The van der Waals surface area contributed by atoms with E-state index in [1.54, 1.807) is 18.5 Å². The molecule has 0 atom stereocenters. The van der Waals surface area contributed by atoms with Crippen molar-refractivity contribution in [3.05, 3.63) is 65.6 Å². The molecule has 0 radical (unpaired) electrons. The van der Waals surface area contributed by atoms with Crippen molar-refractivity contribution in [3.63, 3.8) is 0 Å². The quantitative estimate of drug-likeness (QED) is 0.684. The molecule has 1 aromatic carbocycles. The summed E-state index contributed by atoms with van der Waals surface area (Å²) in [4.78, 5) is 16.6. The van der Waals surface area contributed by atoms with E-state index in [1.807, 2.05) is 18.2 Å². The van der Waals surface area contributed by atoms with Crippen LogP contribution in [-0.4, -0.2) is 16.0 Å². The fraction of sp³-hybridized carbons (Fsp3) is 0.286. The summed E-state index contributed by atoms with van der Waals surface area (Å²) < 4.78 is 5.30. The lowest BCUT2D eigenvalue weighted by Gasteiger charge is -2.16. The van der Waals surface area contributed by atoms with Gasteiger partial charge < -0.3 is 9.84 Å². The van der Waals surface area contributed by atoms with Gasteiger partial charge in [-0.15, -0.1) is 0 Å². The van der Waals surface area contributed by atoms with Gasteiger partial charge >= 0.3 is 0 Å². The monoisotopic (exact) mass is 349 g/mol. The fourth-order valence-corrected chi connectivity index (χ4v) is 2.75. The van der Waals surface area contributed by atoms with E-state index < -0.39 is 0 Å². The minimum atomic E-state index is -0.284. The Kier molecular flexibility index (Phi) is 5.16. The molecule has 1 N–H and O–H groups in total. The van der Waals surface area contributed by atoms with Gasteiger partial charge in [0.1, 0.15) is 0 Å². The second-order valence-corrected chi connectivity index (χ2v) is 6.92. The van der Waals surface area contributed by atoms with Crippen LogP contribution in [0.15, 0.2) is 53.3 Å². The third-order valence-corrected chi connectivity index (χ3v) is 4.32. The summed E-state index contributed by atoms with van der Waals surface area (Å²) in [6.45, 7) is 8.56. The number of nitrogens with one attached hydrogen (secondary N) is 1. The van der Waals surface area contributed by atoms with Gasteiger partial charge in [-0.1, -0.05) is 45.0 Å². The van der Waals surface area contributed by atoms with Crippen LogP contribution < -0.4 is 5.32 Å². The standard InChI is InChI=1S/C21H23N3O2/c1-13(2)16-5-6-18(17(11-16)14(3)4)23-21(25)19-12-20(26-24-19)15-7-9-22-10-8-15/h5-14H,1-4H3,(H,23,25). The Morgan fingerprint density at radius 2 is 1.73 bits per heavy atom. The number of benzene rings is 1. The van der Waals surface area contributed by atoms with E-state index in [4.69, 9.17) is 4.52 Å². The lowest BCUT2D eigenvalue weighted by Crippen LogP contribution is -2.14. The highest BCUT2D eigenvalue weighted by molar-refractivity contribution is 6.03. The van der Waals surface area contributed by atoms with Crippen LogP contribution in [0.2, 0.25) is 0 Å². The van der Waals surface area contributed by atoms with Crippen LogP contribution in [0.1, 0.15) is 61.1 Å². The first-order valence-electron chi connectivity index (χ1n) is 8.78. The first kappa shape index (κ1) is 17.9. The molecular formula is C21H23N3O2. The average molecular weight is 349 g/mol. The molecule has 0 aliphatic heterocycles. The molecule has 3 rings (SSSR count). The van der Waals surface area contributed by atoms with Crippen molar-refractivity contribution in [3.8, 4) is 11.3 Å². The first-order chi connectivity index (χ1) is 12.5. The topological polar surface area (TPSA) is 68.0 Å². The van der Waals surface area contributed by atoms with E-state index in [0.29, 0.717) is 17.6 Å². The van der Waals surface area contributed by atoms with Crippen LogP contribution in [0.5, 0.6) is 0 Å². The van der Waals surface area contributed by atoms with E-state index in [0.717, 1.165) is 16.8 Å². The number of carbonyl (C=O) groups is 1. The summed E-state index contributed by atoms with van der Waals surface area (Å²) in [6, 6.07) is 11.4. The van der Waals surface area contributed by atoms with E-state index in [2.05, 4.69) is 55.3 Å². The zero-order valence-electron chi connectivity index (χ0n) is 15.5. The highest BCUT2D eigenvalue weighted by atomic mass is 16.5. The van der Waals surface area contributed by atoms with Crippen LogP contribution >= 0.6 is 0 Å². The lowest BCUT2D eigenvalue weighted by molar-refractivity contribution is 0.101. The van der Waals surface area contributed by atoms with Gasteiger partial charge in [0.25, 0.3) is 5.91 Å². The minimum absolute atomic E-state index is 0.249. The molecule has 134 valence electrons. The molecule has 5 nitrogen and oxygen atoms in total. The van der Waals surface area contributed by atoms with Crippen molar-refractivity contribution in [2.75, 3.05) is 5.32 Å². The molecule has 1 amide bonds. The Hall–Kier alpha value is -2.95. The largest absolute Gasteiger partial charge is 0.355 e. The SMILES string of the molecule is CC(C)c1ccc(NC(=O)c2cc(-c3ccncc3)on2)c(C(C)C)c1. The van der Waals surface area contributed by atoms with E-state index in [9.17, 15) is 4.79 Å². The number of anilines is 1. The van der Waals surface area contributed by atoms with Gasteiger partial charge in [0.05, 0.1) is 0 Å². The van der Waals surface area contributed by atoms with Gasteiger partial charge in [-0.3, -0.25) is 9.78 Å². The maximum Gasteiger partial charge on any atom is 0.277 e. The van der Waals surface area contributed by atoms with Crippen LogP contribution in [0, 0.1) is 0 Å². The van der Waals surface area contributed by atoms with Crippen LogP contribution in [0.4, 0.5) is 5.69 Å². The number of hydrogen-bond acceptors (Lipinski definition) is 4. The summed E-state index contributed by atoms with van der Waals surface area (Å²) in [7, 11) is 0. The maximum atomic E-state index is 12.6. The van der Waals surface area contributed by atoms with E-state index in [1.165, 1.54) is 5.56 Å². The van der Waals surface area contributed by atoms with Crippen molar-refractivity contribution in [2.45, 2.75) is 39.5 Å². The number of hydrogen-bond donors (Lipinski definition) is 1. The van der Waals surface area contributed by atoms with Gasteiger partial charge in [0.2, 0.25) is 0 Å². The van der Waals surface area contributed by atoms with Crippen LogP contribution in [-0.2, 0) is 0 Å². The van der Waals surface area contributed by atoms with E-state index >= 15 is 0 Å². The molecule has 0 unspecified atom stereocenters. The summed E-state index contributed by atoms with van der Waals surface area (Å²) >= 11 is 0. The summed E-state index contributed by atoms with van der Waals surface area (Å²) in [5, 5.41) is 6.87. The van der Waals surface area contributed by atoms with Crippen molar-refractivity contribution in [1.29, 1.82) is 0 Å². The zero-order valence-corrected chi connectivity index (χ0v) is 15.5. The Balaban J connectivity index is 1.83. The molecule has 26 heavy (non-hydrogen) atoms. The Morgan fingerprint density at radius 3 is 2.38 bits per heavy atom. The second kappa shape index (κ2) is 7.52. The summed E-state index contributed by atoms with van der Waals surface area (Å²) in [5.41, 5.74) is 4.26. The zero-order chi connectivity index (χ0) is 18.7. The minimum Gasteiger partial charge on any atom is -0.355 e. The fourth-order valence-electron chi connectivity index (χ4n) is 2.75. The number of aromatic nitrogens is 2. The highest BCUT2D eigenvalue weighted by Crippen LogP contribution is 2.29. The summed E-state index contributed by atoms with van der Waals surface area (Å²) in [6.07, 6.45) is 3.34. The molecule has 0 aliphatic carbocycles. The number of nitrogens with zero attached hydrogens (tertiary/aromatic N) is 2. The number of pyridine rings is 1. The molecule has 5 heteroatoms. The molecule has 2 heterocycles. The Labute approximate surface area is 153 Å². The van der Waals surface area contributed by atoms with Crippen molar-refractivity contribution in [2.24, 2.45) is 0 Å². The molecule has 0 spiro atoms. The predicted molar refractivity (Wildman–Crippen MR) is 102 cm³/mol. The lowest BCUT2D eigenvalue weighted by atomic mass is 9.94. The van der Waals surface area contributed by atoms with Crippen molar-refractivity contribution < 1.29 is 9.32 Å². The van der Waals surface area contributed by atoms with Gasteiger partial charge in [0.15, 0.2) is 11.5 Å². The number of amides is 1. The second-order valence-electron chi connectivity index (χ2n) is 6.92. The highest BCUT2D eigenvalue weighted by Gasteiger charge is 2.17.